The molecule has 70 valence electrons. The zero-order valence-electron chi connectivity index (χ0n) is 8.68. The lowest BCUT2D eigenvalue weighted by atomic mass is 9.74. The van der Waals surface area contributed by atoms with Crippen molar-refractivity contribution in [3.63, 3.8) is 0 Å². The third kappa shape index (κ3) is 1.88. The molecule has 2 atom stereocenters. The molecule has 0 aliphatic heterocycles. The highest BCUT2D eigenvalue weighted by molar-refractivity contribution is 5.81. The number of rotatable bonds is 1. The van der Waals surface area contributed by atoms with Crippen molar-refractivity contribution in [2.24, 2.45) is 17.3 Å². The van der Waals surface area contributed by atoms with Crippen molar-refractivity contribution in [1.29, 1.82) is 0 Å². The van der Waals surface area contributed by atoms with E-state index in [2.05, 4.69) is 27.7 Å². The maximum Gasteiger partial charge on any atom is 0.133 e. The van der Waals surface area contributed by atoms with Gasteiger partial charge in [-0.15, -0.1) is 0 Å². The smallest absolute Gasteiger partial charge is 0.133 e. The normalized spacial score (nSPS) is 31.2. The first-order valence-electron chi connectivity index (χ1n) is 4.97. The van der Waals surface area contributed by atoms with Crippen LogP contribution in [0, 0.1) is 17.3 Å². The molecule has 1 fully saturated rings. The lowest BCUT2D eigenvalue weighted by Gasteiger charge is -2.31. The number of carbonyl (C=O) groups excluding carboxylic acids is 1. The molecule has 2 unspecified atom stereocenters. The second-order valence-electron chi connectivity index (χ2n) is 5.09. The predicted octanol–water partition coefficient (Wildman–Crippen LogP) is 3.04. The molecule has 0 amide bonds. The van der Waals surface area contributed by atoms with Crippen LogP contribution in [0.4, 0.5) is 0 Å². The maximum absolute atomic E-state index is 11.3. The summed E-state index contributed by atoms with van der Waals surface area (Å²) in [6.07, 6.45) is 2.81. The Labute approximate surface area is 75.5 Å². The molecule has 0 aromatic heterocycles. The van der Waals surface area contributed by atoms with Crippen LogP contribution in [-0.4, -0.2) is 5.78 Å². The summed E-state index contributed by atoms with van der Waals surface area (Å²) >= 11 is 0. The quantitative estimate of drug-likeness (QED) is 0.588. The van der Waals surface area contributed by atoms with Crippen molar-refractivity contribution in [3.05, 3.63) is 0 Å². The molecule has 1 aliphatic rings. The van der Waals surface area contributed by atoms with Crippen LogP contribution in [-0.2, 0) is 4.79 Å². The van der Waals surface area contributed by atoms with Gasteiger partial charge >= 0.3 is 0 Å². The Hall–Kier alpha value is -0.330. The zero-order valence-corrected chi connectivity index (χ0v) is 8.68. The Balaban J connectivity index is 2.70. The number of Topliss-reactive ketones (excluding diaryl/α,β-unsaturated/α-hetero) is 1. The fourth-order valence-corrected chi connectivity index (χ4v) is 2.37. The van der Waals surface area contributed by atoms with Crippen molar-refractivity contribution in [2.45, 2.75) is 47.0 Å². The first-order valence-corrected chi connectivity index (χ1v) is 4.97. The van der Waals surface area contributed by atoms with Gasteiger partial charge in [0.15, 0.2) is 0 Å². The number of carbonyl (C=O) groups is 1. The van der Waals surface area contributed by atoms with Crippen molar-refractivity contribution >= 4 is 5.78 Å². The molecule has 1 heteroatoms. The molecule has 0 bridgehead atoms. The average Bonchev–Trinajstić information content (AvgIpc) is 2.29. The van der Waals surface area contributed by atoms with Gasteiger partial charge in [0.1, 0.15) is 5.78 Å². The van der Waals surface area contributed by atoms with E-state index >= 15 is 0 Å². The molecule has 1 saturated carbocycles. The van der Waals surface area contributed by atoms with Crippen LogP contribution in [0.15, 0.2) is 0 Å². The number of hydrogen-bond acceptors (Lipinski definition) is 1. The van der Waals surface area contributed by atoms with Gasteiger partial charge in [-0.2, -0.15) is 0 Å². The highest BCUT2D eigenvalue weighted by Gasteiger charge is 2.38. The first kappa shape index (κ1) is 9.76. The summed E-state index contributed by atoms with van der Waals surface area (Å²) in [4.78, 5) is 11.3. The molecule has 0 heterocycles. The van der Waals surface area contributed by atoms with Crippen LogP contribution in [0.1, 0.15) is 47.0 Å². The van der Waals surface area contributed by atoms with Gasteiger partial charge in [0.25, 0.3) is 0 Å². The van der Waals surface area contributed by atoms with E-state index in [0.717, 1.165) is 19.3 Å². The Bertz CT molecular complexity index is 176. The van der Waals surface area contributed by atoms with E-state index in [1.54, 1.807) is 0 Å². The molecule has 0 aromatic carbocycles. The average molecular weight is 168 g/mol. The molecule has 12 heavy (non-hydrogen) atoms. The highest BCUT2D eigenvalue weighted by Crippen LogP contribution is 2.43. The van der Waals surface area contributed by atoms with Gasteiger partial charge in [-0.1, -0.05) is 34.1 Å². The molecule has 1 aliphatic carbocycles. The fourth-order valence-electron chi connectivity index (χ4n) is 2.37. The van der Waals surface area contributed by atoms with Gasteiger partial charge in [-0.25, -0.2) is 0 Å². The Morgan fingerprint density at radius 3 is 2.25 bits per heavy atom. The minimum Gasteiger partial charge on any atom is -0.300 e. The number of hydrogen-bond donors (Lipinski definition) is 0. The summed E-state index contributed by atoms with van der Waals surface area (Å²) in [5, 5.41) is 0. The SMILES string of the molecule is CCC1CC(=O)CC1C(C)(C)C. The topological polar surface area (TPSA) is 17.1 Å². The molecule has 0 radical (unpaired) electrons. The van der Waals surface area contributed by atoms with Crippen LogP contribution in [0.25, 0.3) is 0 Å². The van der Waals surface area contributed by atoms with Crippen LogP contribution in [0.2, 0.25) is 0 Å². The van der Waals surface area contributed by atoms with Gasteiger partial charge in [0.2, 0.25) is 0 Å². The monoisotopic (exact) mass is 168 g/mol. The van der Waals surface area contributed by atoms with Gasteiger partial charge in [-0.3, -0.25) is 4.79 Å². The molecular weight excluding hydrogens is 148 g/mol. The van der Waals surface area contributed by atoms with E-state index in [9.17, 15) is 4.79 Å². The van der Waals surface area contributed by atoms with Crippen LogP contribution in [0.5, 0.6) is 0 Å². The molecule has 1 nitrogen and oxygen atoms in total. The van der Waals surface area contributed by atoms with Crippen LogP contribution in [0.3, 0.4) is 0 Å². The summed E-state index contributed by atoms with van der Waals surface area (Å²) < 4.78 is 0. The molecule has 0 N–H and O–H groups in total. The number of ketones is 1. The van der Waals surface area contributed by atoms with E-state index in [0.29, 0.717) is 23.0 Å². The van der Waals surface area contributed by atoms with Crippen molar-refractivity contribution in [2.75, 3.05) is 0 Å². The molecule has 0 aromatic rings. The highest BCUT2D eigenvalue weighted by atomic mass is 16.1. The third-order valence-electron chi connectivity index (χ3n) is 3.14. The lowest BCUT2D eigenvalue weighted by Crippen LogP contribution is -2.23. The minimum atomic E-state index is 0.312. The molecule has 0 spiro atoms. The zero-order chi connectivity index (χ0) is 9.35. The van der Waals surface area contributed by atoms with Crippen molar-refractivity contribution < 1.29 is 4.79 Å². The Morgan fingerprint density at radius 1 is 1.33 bits per heavy atom. The van der Waals surface area contributed by atoms with Crippen LogP contribution >= 0.6 is 0 Å². The minimum absolute atomic E-state index is 0.312. The van der Waals surface area contributed by atoms with E-state index in [1.165, 1.54) is 0 Å². The van der Waals surface area contributed by atoms with Gasteiger partial charge in [0, 0.05) is 12.8 Å². The second-order valence-corrected chi connectivity index (χ2v) is 5.09. The molecular formula is C11H20O. The fraction of sp³-hybridized carbons (Fsp3) is 0.909. The van der Waals surface area contributed by atoms with E-state index < -0.39 is 0 Å². The largest absolute Gasteiger partial charge is 0.300 e. The Kier molecular flexibility index (Phi) is 2.60. The summed E-state index contributed by atoms with van der Waals surface area (Å²) in [5.74, 6) is 1.74. The first-order chi connectivity index (χ1) is 5.45. The van der Waals surface area contributed by atoms with E-state index in [1.807, 2.05) is 0 Å². The third-order valence-corrected chi connectivity index (χ3v) is 3.14. The summed E-state index contributed by atoms with van der Waals surface area (Å²) in [5.41, 5.74) is 0.312. The molecule has 1 rings (SSSR count). The van der Waals surface area contributed by atoms with Gasteiger partial charge in [0.05, 0.1) is 0 Å². The molecule has 0 saturated heterocycles. The summed E-state index contributed by atoms with van der Waals surface area (Å²) in [6.45, 7) is 8.94. The van der Waals surface area contributed by atoms with E-state index in [4.69, 9.17) is 0 Å². The summed E-state index contributed by atoms with van der Waals surface area (Å²) in [6, 6.07) is 0. The predicted molar refractivity (Wildman–Crippen MR) is 51.0 cm³/mol. The lowest BCUT2D eigenvalue weighted by molar-refractivity contribution is -0.117. The van der Waals surface area contributed by atoms with Crippen LogP contribution < -0.4 is 0 Å². The summed E-state index contributed by atoms with van der Waals surface area (Å²) in [7, 11) is 0. The Morgan fingerprint density at radius 2 is 1.92 bits per heavy atom. The van der Waals surface area contributed by atoms with Crippen molar-refractivity contribution in [1.82, 2.24) is 0 Å². The van der Waals surface area contributed by atoms with E-state index in [-0.39, 0.29) is 0 Å². The maximum atomic E-state index is 11.3. The van der Waals surface area contributed by atoms with Gasteiger partial charge in [-0.05, 0) is 17.3 Å². The standard InChI is InChI=1S/C11H20O/c1-5-8-6-9(12)7-10(8)11(2,3)4/h8,10H,5-7H2,1-4H3. The van der Waals surface area contributed by atoms with Gasteiger partial charge < -0.3 is 0 Å². The second kappa shape index (κ2) is 3.20. The van der Waals surface area contributed by atoms with Crippen molar-refractivity contribution in [3.8, 4) is 0 Å².